The maximum atomic E-state index is 5.76. The number of hydrogen-bond donors (Lipinski definition) is 2. The highest BCUT2D eigenvalue weighted by Gasteiger charge is 2.23. The summed E-state index contributed by atoms with van der Waals surface area (Å²) in [7, 11) is 0. The molecule has 1 aliphatic rings. The molecule has 6 heteroatoms. The lowest BCUT2D eigenvalue weighted by Gasteiger charge is -2.26. The Morgan fingerprint density at radius 3 is 2.94 bits per heavy atom. The van der Waals surface area contributed by atoms with Gasteiger partial charge in [0.15, 0.2) is 0 Å². The molecule has 1 atom stereocenters. The van der Waals surface area contributed by atoms with E-state index in [9.17, 15) is 0 Å². The predicted molar refractivity (Wildman–Crippen MR) is 80.3 cm³/mol. The van der Waals surface area contributed by atoms with E-state index in [1.165, 1.54) is 30.0 Å². The molecule has 1 aliphatic heterocycles. The molecule has 102 valence electrons. The van der Waals surface area contributed by atoms with Crippen molar-refractivity contribution < 1.29 is 0 Å². The van der Waals surface area contributed by atoms with Crippen molar-refractivity contribution in [3.8, 4) is 0 Å². The summed E-state index contributed by atoms with van der Waals surface area (Å²) in [6.45, 7) is 2.98. The minimum absolute atomic E-state index is 0.190. The molecule has 1 fully saturated rings. The van der Waals surface area contributed by atoms with Crippen molar-refractivity contribution in [3.05, 3.63) is 16.4 Å². The number of thioether (sulfide) groups is 1. The minimum Gasteiger partial charge on any atom is -0.271 e. The van der Waals surface area contributed by atoms with Gasteiger partial charge in [0, 0.05) is 6.54 Å². The number of hydrogen-bond acceptors (Lipinski definition) is 4. The average molecular weight is 333 g/mol. The second-order valence-electron chi connectivity index (χ2n) is 4.70. The summed E-state index contributed by atoms with van der Waals surface area (Å²) in [6, 6.07) is 0.190. The number of aromatic nitrogens is 2. The molecule has 1 aromatic rings. The number of hydrazine groups is 1. The number of halogens is 1. The molecular weight excluding hydrogens is 312 g/mol. The Labute approximate surface area is 121 Å². The van der Waals surface area contributed by atoms with Gasteiger partial charge in [-0.1, -0.05) is 0 Å². The van der Waals surface area contributed by atoms with Crippen molar-refractivity contribution in [2.45, 2.75) is 38.8 Å². The normalized spacial score (nSPS) is 19.1. The third kappa shape index (κ3) is 3.29. The van der Waals surface area contributed by atoms with E-state index in [-0.39, 0.29) is 6.04 Å². The van der Waals surface area contributed by atoms with Crippen molar-refractivity contribution in [1.82, 2.24) is 15.2 Å². The lowest BCUT2D eigenvalue weighted by Crippen LogP contribution is -2.32. The van der Waals surface area contributed by atoms with Crippen molar-refractivity contribution in [2.75, 3.05) is 11.5 Å². The van der Waals surface area contributed by atoms with Crippen LogP contribution >= 0.6 is 27.7 Å². The van der Waals surface area contributed by atoms with E-state index >= 15 is 0 Å². The largest absolute Gasteiger partial charge is 0.271 e. The maximum Gasteiger partial charge on any atom is 0.0709 e. The summed E-state index contributed by atoms with van der Waals surface area (Å²) in [5.74, 6) is 9.11. The van der Waals surface area contributed by atoms with Crippen molar-refractivity contribution in [1.29, 1.82) is 0 Å². The fourth-order valence-electron chi connectivity index (χ4n) is 2.54. The van der Waals surface area contributed by atoms with Gasteiger partial charge in [0.25, 0.3) is 0 Å². The number of rotatable bonds is 5. The van der Waals surface area contributed by atoms with Crippen LogP contribution < -0.4 is 11.3 Å². The third-order valence-electron chi connectivity index (χ3n) is 3.57. The van der Waals surface area contributed by atoms with E-state index in [1.807, 2.05) is 10.9 Å². The first-order valence-corrected chi connectivity index (χ1v) is 8.46. The highest BCUT2D eigenvalue weighted by Crippen LogP contribution is 2.33. The highest BCUT2D eigenvalue weighted by atomic mass is 79.9. The van der Waals surface area contributed by atoms with Crippen LogP contribution in [-0.4, -0.2) is 21.3 Å². The molecule has 2 rings (SSSR count). The molecule has 0 bridgehead atoms. The Bertz CT molecular complexity index is 376. The minimum atomic E-state index is 0.190. The summed E-state index contributed by atoms with van der Waals surface area (Å²) >= 11 is 5.64. The van der Waals surface area contributed by atoms with Gasteiger partial charge in [-0.3, -0.25) is 16.0 Å². The topological polar surface area (TPSA) is 55.9 Å². The Hall–Kier alpha value is -0.0400. The lowest BCUT2D eigenvalue weighted by molar-refractivity contribution is 0.357. The molecule has 1 saturated heterocycles. The van der Waals surface area contributed by atoms with Gasteiger partial charge in [-0.15, -0.1) is 0 Å². The fraction of sp³-hybridized carbons (Fsp3) is 0.750. The second kappa shape index (κ2) is 6.93. The van der Waals surface area contributed by atoms with Gasteiger partial charge in [0.2, 0.25) is 0 Å². The van der Waals surface area contributed by atoms with Crippen LogP contribution in [0.2, 0.25) is 0 Å². The average Bonchev–Trinajstić information content (AvgIpc) is 2.78. The van der Waals surface area contributed by atoms with Gasteiger partial charge < -0.3 is 0 Å². The molecule has 1 aromatic heterocycles. The SMILES string of the molecule is CCn1ncc(Br)c1C(CC1CCSCC1)NN. The van der Waals surface area contributed by atoms with E-state index < -0.39 is 0 Å². The van der Waals surface area contributed by atoms with Gasteiger partial charge >= 0.3 is 0 Å². The Balaban J connectivity index is 2.09. The van der Waals surface area contributed by atoms with Crippen LogP contribution in [0.5, 0.6) is 0 Å². The molecule has 0 aromatic carbocycles. The van der Waals surface area contributed by atoms with Crippen LogP contribution in [0.3, 0.4) is 0 Å². The molecule has 0 radical (unpaired) electrons. The summed E-state index contributed by atoms with van der Waals surface area (Å²) in [6.07, 6.45) is 5.57. The second-order valence-corrected chi connectivity index (χ2v) is 6.78. The smallest absolute Gasteiger partial charge is 0.0709 e. The summed E-state index contributed by atoms with van der Waals surface area (Å²) in [5, 5.41) is 4.37. The summed E-state index contributed by atoms with van der Waals surface area (Å²) in [4.78, 5) is 0. The van der Waals surface area contributed by atoms with Gasteiger partial charge in [0.05, 0.1) is 22.4 Å². The molecule has 0 spiro atoms. The standard InChI is InChI=1S/C12H21BrN4S/c1-2-17-12(10(13)8-15-17)11(16-14)7-9-3-5-18-6-4-9/h8-9,11,16H,2-7,14H2,1H3. The monoisotopic (exact) mass is 332 g/mol. The number of aryl methyl sites for hydroxylation is 1. The summed E-state index contributed by atoms with van der Waals surface area (Å²) in [5.41, 5.74) is 4.15. The Morgan fingerprint density at radius 2 is 2.33 bits per heavy atom. The molecule has 18 heavy (non-hydrogen) atoms. The van der Waals surface area contributed by atoms with Crippen LogP contribution in [0.4, 0.5) is 0 Å². The zero-order valence-electron chi connectivity index (χ0n) is 10.7. The van der Waals surface area contributed by atoms with Crippen LogP contribution in [0.25, 0.3) is 0 Å². The van der Waals surface area contributed by atoms with Gasteiger partial charge in [-0.2, -0.15) is 16.9 Å². The number of nitrogens with one attached hydrogen (secondary N) is 1. The first-order valence-electron chi connectivity index (χ1n) is 6.51. The first kappa shape index (κ1) is 14.4. The maximum absolute atomic E-state index is 5.76. The van der Waals surface area contributed by atoms with Crippen LogP contribution in [0.1, 0.15) is 37.9 Å². The summed E-state index contributed by atoms with van der Waals surface area (Å²) < 4.78 is 3.07. The zero-order chi connectivity index (χ0) is 13.0. The molecule has 0 saturated carbocycles. The van der Waals surface area contributed by atoms with Gasteiger partial charge in [-0.25, -0.2) is 0 Å². The van der Waals surface area contributed by atoms with Crippen molar-refractivity contribution in [3.63, 3.8) is 0 Å². The first-order chi connectivity index (χ1) is 8.76. The molecular formula is C12H21BrN4S. The lowest BCUT2D eigenvalue weighted by atomic mass is 9.93. The van der Waals surface area contributed by atoms with E-state index in [0.29, 0.717) is 0 Å². The van der Waals surface area contributed by atoms with Crippen LogP contribution in [-0.2, 0) is 6.54 Å². The van der Waals surface area contributed by atoms with Crippen molar-refractivity contribution >= 4 is 27.7 Å². The molecule has 1 unspecified atom stereocenters. The van der Waals surface area contributed by atoms with E-state index in [0.717, 1.165) is 23.4 Å². The molecule has 2 heterocycles. The Kier molecular flexibility index (Phi) is 5.54. The molecule has 4 nitrogen and oxygen atoms in total. The van der Waals surface area contributed by atoms with E-state index in [2.05, 4.69) is 45.1 Å². The highest BCUT2D eigenvalue weighted by molar-refractivity contribution is 9.10. The Morgan fingerprint density at radius 1 is 1.61 bits per heavy atom. The quantitative estimate of drug-likeness (QED) is 0.643. The molecule has 0 amide bonds. The number of nitrogens with zero attached hydrogens (tertiary/aromatic N) is 2. The number of nitrogens with two attached hydrogens (primary N) is 1. The fourth-order valence-corrected chi connectivity index (χ4v) is 4.32. The molecule has 0 aliphatic carbocycles. The van der Waals surface area contributed by atoms with Gasteiger partial charge in [0.1, 0.15) is 0 Å². The third-order valence-corrected chi connectivity index (χ3v) is 5.23. The van der Waals surface area contributed by atoms with E-state index in [4.69, 9.17) is 5.84 Å². The van der Waals surface area contributed by atoms with E-state index in [1.54, 1.807) is 0 Å². The van der Waals surface area contributed by atoms with Crippen molar-refractivity contribution in [2.24, 2.45) is 11.8 Å². The van der Waals surface area contributed by atoms with Gasteiger partial charge in [-0.05, 0) is 59.5 Å². The molecule has 3 N–H and O–H groups in total. The predicted octanol–water partition coefficient (Wildman–Crippen LogP) is 2.70. The van der Waals surface area contributed by atoms with Crippen LogP contribution in [0.15, 0.2) is 10.7 Å². The van der Waals surface area contributed by atoms with Crippen LogP contribution in [0, 0.1) is 5.92 Å². The zero-order valence-corrected chi connectivity index (χ0v) is 13.1.